The summed E-state index contributed by atoms with van der Waals surface area (Å²) in [6.45, 7) is 5.38. The summed E-state index contributed by atoms with van der Waals surface area (Å²) in [6, 6.07) is 0. The Labute approximate surface area is 121 Å². The van der Waals surface area contributed by atoms with Crippen LogP contribution in [0.2, 0.25) is 0 Å². The van der Waals surface area contributed by atoms with Gasteiger partial charge in [-0.15, -0.1) is 10.2 Å². The van der Waals surface area contributed by atoms with Gasteiger partial charge in [-0.25, -0.2) is 0 Å². The second kappa shape index (κ2) is 7.07. The van der Waals surface area contributed by atoms with Crippen LogP contribution in [0, 0.1) is 5.92 Å². The molecule has 114 valence electrons. The van der Waals surface area contributed by atoms with E-state index in [-0.39, 0.29) is 5.60 Å². The Hall–Kier alpha value is -1.10. The molecule has 1 heterocycles. The maximum absolute atomic E-state index is 5.93. The second-order valence-electron chi connectivity index (χ2n) is 6.07. The maximum atomic E-state index is 5.93. The van der Waals surface area contributed by atoms with Gasteiger partial charge >= 0.3 is 0 Å². The highest BCUT2D eigenvalue weighted by Crippen LogP contribution is 2.45. The Balaban J connectivity index is 1.79. The minimum absolute atomic E-state index is 0.195. The quantitative estimate of drug-likeness (QED) is 0.462. The number of hydrogen-bond donors (Lipinski definition) is 1. The van der Waals surface area contributed by atoms with Crippen LogP contribution in [0.15, 0.2) is 10.2 Å². The first-order valence-electron chi connectivity index (χ1n) is 7.77. The van der Waals surface area contributed by atoms with Crippen LogP contribution >= 0.6 is 0 Å². The highest BCUT2D eigenvalue weighted by Gasteiger charge is 2.45. The van der Waals surface area contributed by atoms with Crippen molar-refractivity contribution < 1.29 is 9.47 Å². The molecule has 5 nitrogen and oxygen atoms in total. The van der Waals surface area contributed by atoms with E-state index in [4.69, 9.17) is 15.2 Å². The fraction of sp³-hybridized carbons (Fsp3) is 0.867. The Kier molecular flexibility index (Phi) is 5.40. The average Bonchev–Trinajstić information content (AvgIpc) is 2.82. The molecule has 2 N–H and O–H groups in total. The van der Waals surface area contributed by atoms with Crippen LogP contribution in [-0.4, -0.2) is 30.5 Å². The smallest absolute Gasteiger partial charge is 0.208 e. The number of unbranched alkanes of at least 4 members (excludes halogenated alkanes) is 1. The van der Waals surface area contributed by atoms with Crippen molar-refractivity contribution in [1.82, 2.24) is 0 Å². The van der Waals surface area contributed by atoms with Gasteiger partial charge in [-0.1, -0.05) is 13.3 Å². The third kappa shape index (κ3) is 4.20. The molecule has 0 aromatic heterocycles. The van der Waals surface area contributed by atoms with Crippen molar-refractivity contribution >= 4 is 11.7 Å². The molecular weight excluding hydrogens is 254 g/mol. The molecule has 1 spiro atoms. The summed E-state index contributed by atoms with van der Waals surface area (Å²) in [5.41, 5.74) is 5.71. The molecule has 1 saturated carbocycles. The molecule has 0 amide bonds. The largest absolute Gasteiger partial charge is 0.479 e. The highest BCUT2D eigenvalue weighted by atomic mass is 16.5. The second-order valence-corrected chi connectivity index (χ2v) is 6.07. The number of nitrogens with two attached hydrogens (primary N) is 1. The van der Waals surface area contributed by atoms with E-state index in [1.807, 2.05) is 0 Å². The van der Waals surface area contributed by atoms with E-state index in [9.17, 15) is 0 Å². The van der Waals surface area contributed by atoms with E-state index in [0.29, 0.717) is 24.3 Å². The SMILES string of the molecule is CCCC/C(=N\N=C(/C)N)OCC1COC2(CCC2)C1. The Bertz CT molecular complexity index is 371. The number of nitrogens with zero attached hydrogens (tertiary/aromatic N) is 2. The first-order valence-corrected chi connectivity index (χ1v) is 7.77. The van der Waals surface area contributed by atoms with Gasteiger partial charge in [0, 0.05) is 12.3 Å². The first kappa shape index (κ1) is 15.3. The van der Waals surface area contributed by atoms with Crippen LogP contribution in [0.25, 0.3) is 0 Å². The van der Waals surface area contributed by atoms with Crippen molar-refractivity contribution in [1.29, 1.82) is 0 Å². The standard InChI is InChI=1S/C15H27N3O2/c1-3-4-6-14(18-17-12(2)16)19-10-13-9-15(20-11-13)7-5-8-15/h13H,3-11H2,1-2H3,(H2,16,17)/b18-14+. The number of amidine groups is 1. The average molecular weight is 281 g/mol. The third-order valence-corrected chi connectivity index (χ3v) is 4.10. The van der Waals surface area contributed by atoms with Gasteiger partial charge in [0.05, 0.1) is 18.8 Å². The lowest BCUT2D eigenvalue weighted by molar-refractivity contribution is -0.0565. The van der Waals surface area contributed by atoms with Gasteiger partial charge in [-0.05, 0) is 39.0 Å². The molecule has 2 fully saturated rings. The number of rotatable bonds is 6. The molecule has 1 saturated heterocycles. The number of hydrogen-bond acceptors (Lipinski definition) is 4. The van der Waals surface area contributed by atoms with Crippen LogP contribution in [0.3, 0.4) is 0 Å². The molecular formula is C15H27N3O2. The predicted molar refractivity (Wildman–Crippen MR) is 80.8 cm³/mol. The van der Waals surface area contributed by atoms with Crippen molar-refractivity contribution in [3.05, 3.63) is 0 Å². The van der Waals surface area contributed by atoms with Crippen LogP contribution in [0.1, 0.15) is 58.8 Å². The summed E-state index contributed by atoms with van der Waals surface area (Å²) in [6.07, 6.45) is 7.88. The molecule has 1 unspecified atom stereocenters. The molecule has 5 heteroatoms. The Morgan fingerprint density at radius 2 is 2.20 bits per heavy atom. The van der Waals surface area contributed by atoms with Gasteiger partial charge in [-0.2, -0.15) is 0 Å². The van der Waals surface area contributed by atoms with Gasteiger partial charge in [0.2, 0.25) is 5.90 Å². The van der Waals surface area contributed by atoms with Crippen LogP contribution < -0.4 is 5.73 Å². The summed E-state index contributed by atoms with van der Waals surface area (Å²) in [7, 11) is 0. The summed E-state index contributed by atoms with van der Waals surface area (Å²) < 4.78 is 11.8. The highest BCUT2D eigenvalue weighted by molar-refractivity contribution is 5.80. The summed E-state index contributed by atoms with van der Waals surface area (Å²) in [4.78, 5) is 0. The first-order chi connectivity index (χ1) is 9.63. The molecule has 20 heavy (non-hydrogen) atoms. The zero-order valence-corrected chi connectivity index (χ0v) is 12.7. The van der Waals surface area contributed by atoms with Crippen LogP contribution in [-0.2, 0) is 9.47 Å². The Morgan fingerprint density at radius 1 is 1.40 bits per heavy atom. The number of ether oxygens (including phenoxy) is 2. The van der Waals surface area contributed by atoms with Gasteiger partial charge in [0.25, 0.3) is 0 Å². The van der Waals surface area contributed by atoms with Crippen molar-refractivity contribution in [2.24, 2.45) is 21.9 Å². The molecule has 0 bridgehead atoms. The molecule has 1 atom stereocenters. The van der Waals surface area contributed by atoms with Crippen LogP contribution in [0.4, 0.5) is 0 Å². The van der Waals surface area contributed by atoms with Crippen molar-refractivity contribution in [2.45, 2.75) is 64.4 Å². The summed E-state index contributed by atoms with van der Waals surface area (Å²) >= 11 is 0. The lowest BCUT2D eigenvalue weighted by atomic mass is 9.76. The van der Waals surface area contributed by atoms with Gasteiger partial charge in [0.1, 0.15) is 5.84 Å². The van der Waals surface area contributed by atoms with Crippen molar-refractivity contribution in [3.63, 3.8) is 0 Å². The van der Waals surface area contributed by atoms with Crippen LogP contribution in [0.5, 0.6) is 0 Å². The molecule has 1 aliphatic heterocycles. The molecule has 2 rings (SSSR count). The lowest BCUT2D eigenvalue weighted by Crippen LogP contribution is -2.36. The summed E-state index contributed by atoms with van der Waals surface area (Å²) in [5, 5.41) is 8.01. The topological polar surface area (TPSA) is 69.2 Å². The van der Waals surface area contributed by atoms with Crippen molar-refractivity contribution in [2.75, 3.05) is 13.2 Å². The van der Waals surface area contributed by atoms with E-state index in [0.717, 1.165) is 32.3 Å². The predicted octanol–water partition coefficient (Wildman–Crippen LogP) is 2.84. The minimum Gasteiger partial charge on any atom is -0.479 e. The molecule has 0 radical (unpaired) electrons. The Morgan fingerprint density at radius 3 is 2.75 bits per heavy atom. The van der Waals surface area contributed by atoms with E-state index in [1.54, 1.807) is 6.92 Å². The normalized spacial score (nSPS) is 25.8. The molecule has 0 aromatic carbocycles. The van der Waals surface area contributed by atoms with Gasteiger partial charge in [0.15, 0.2) is 0 Å². The molecule has 2 aliphatic rings. The zero-order valence-electron chi connectivity index (χ0n) is 12.7. The lowest BCUT2D eigenvalue weighted by Gasteiger charge is -2.37. The molecule has 0 aromatic rings. The third-order valence-electron chi connectivity index (χ3n) is 4.10. The monoisotopic (exact) mass is 281 g/mol. The molecule has 1 aliphatic carbocycles. The van der Waals surface area contributed by atoms with Crippen molar-refractivity contribution in [3.8, 4) is 0 Å². The van der Waals surface area contributed by atoms with E-state index in [2.05, 4.69) is 17.1 Å². The fourth-order valence-corrected chi connectivity index (χ4v) is 2.79. The summed E-state index contributed by atoms with van der Waals surface area (Å²) in [5.74, 6) is 1.65. The van der Waals surface area contributed by atoms with E-state index >= 15 is 0 Å². The van der Waals surface area contributed by atoms with Gasteiger partial charge < -0.3 is 15.2 Å². The van der Waals surface area contributed by atoms with Gasteiger partial charge in [-0.3, -0.25) is 0 Å². The van der Waals surface area contributed by atoms with E-state index in [1.165, 1.54) is 19.3 Å². The van der Waals surface area contributed by atoms with E-state index < -0.39 is 0 Å². The fourth-order valence-electron chi connectivity index (χ4n) is 2.79. The minimum atomic E-state index is 0.195. The zero-order chi connectivity index (χ0) is 14.4. The maximum Gasteiger partial charge on any atom is 0.208 e.